The molecule has 0 saturated carbocycles. The molecule has 5 nitrogen and oxygen atoms in total. The predicted molar refractivity (Wildman–Crippen MR) is 75.1 cm³/mol. The molecule has 3 N–H and O–H groups in total. The molecular formula is C12H18ClN5. The number of hydrogen-bond donors (Lipinski definition) is 2. The fourth-order valence-corrected chi connectivity index (χ4v) is 2.43. The minimum absolute atomic E-state index is 0. The molecule has 18 heavy (non-hydrogen) atoms. The predicted octanol–water partition coefficient (Wildman–Crippen LogP) is 1.55. The second kappa shape index (κ2) is 5.54. The van der Waals surface area contributed by atoms with Gasteiger partial charge in [-0.05, 0) is 37.4 Å². The number of halogens is 1. The number of pyridine rings is 1. The van der Waals surface area contributed by atoms with Crippen LogP contribution in [-0.4, -0.2) is 34.6 Å². The summed E-state index contributed by atoms with van der Waals surface area (Å²) in [5, 5.41) is 0. The van der Waals surface area contributed by atoms with E-state index in [1.165, 1.54) is 12.8 Å². The van der Waals surface area contributed by atoms with Gasteiger partial charge in [0.2, 0.25) is 5.95 Å². The summed E-state index contributed by atoms with van der Waals surface area (Å²) < 4.78 is 0. The quantitative estimate of drug-likeness (QED) is 0.866. The van der Waals surface area contributed by atoms with Crippen molar-refractivity contribution in [1.29, 1.82) is 0 Å². The molecule has 0 aromatic carbocycles. The topological polar surface area (TPSA) is 70.8 Å². The Balaban J connectivity index is 0.00000120. The third-order valence-electron chi connectivity index (χ3n) is 3.40. The molecule has 1 unspecified atom stereocenters. The van der Waals surface area contributed by atoms with E-state index in [2.05, 4.69) is 19.9 Å². The van der Waals surface area contributed by atoms with Crippen molar-refractivity contribution in [2.45, 2.75) is 12.8 Å². The van der Waals surface area contributed by atoms with Crippen LogP contribution in [0.1, 0.15) is 12.8 Å². The molecule has 1 fully saturated rings. The van der Waals surface area contributed by atoms with Crippen LogP contribution in [0.3, 0.4) is 0 Å². The summed E-state index contributed by atoms with van der Waals surface area (Å²) in [4.78, 5) is 14.4. The van der Waals surface area contributed by atoms with E-state index in [0.717, 1.165) is 36.7 Å². The van der Waals surface area contributed by atoms with Gasteiger partial charge in [0, 0.05) is 19.3 Å². The van der Waals surface area contributed by atoms with Crippen molar-refractivity contribution in [2.24, 2.45) is 11.7 Å². The first-order chi connectivity index (χ1) is 8.36. The van der Waals surface area contributed by atoms with E-state index >= 15 is 0 Å². The van der Waals surface area contributed by atoms with E-state index in [4.69, 9.17) is 5.73 Å². The van der Waals surface area contributed by atoms with Gasteiger partial charge >= 0.3 is 0 Å². The number of H-pyrrole nitrogens is 1. The van der Waals surface area contributed by atoms with Gasteiger partial charge in [-0.25, -0.2) is 4.98 Å². The highest BCUT2D eigenvalue weighted by Crippen LogP contribution is 2.21. The summed E-state index contributed by atoms with van der Waals surface area (Å²) in [6.07, 6.45) is 4.18. The molecule has 3 heterocycles. The van der Waals surface area contributed by atoms with Crippen LogP contribution in [0, 0.1) is 5.92 Å². The second-order valence-corrected chi connectivity index (χ2v) is 4.62. The van der Waals surface area contributed by atoms with Gasteiger partial charge in [0.1, 0.15) is 0 Å². The lowest BCUT2D eigenvalue weighted by Crippen LogP contribution is -2.38. The normalized spacial score (nSPS) is 19.8. The summed E-state index contributed by atoms with van der Waals surface area (Å²) in [5.74, 6) is 1.52. The zero-order chi connectivity index (χ0) is 11.7. The first-order valence-electron chi connectivity index (χ1n) is 6.12. The monoisotopic (exact) mass is 267 g/mol. The highest BCUT2D eigenvalue weighted by molar-refractivity contribution is 5.85. The van der Waals surface area contributed by atoms with Crippen LogP contribution >= 0.6 is 12.4 Å². The number of nitrogens with two attached hydrogens (primary N) is 1. The Hall–Kier alpha value is -1.33. The van der Waals surface area contributed by atoms with Crippen molar-refractivity contribution >= 4 is 29.5 Å². The molecule has 1 aliphatic heterocycles. The van der Waals surface area contributed by atoms with Gasteiger partial charge in [-0.2, -0.15) is 4.98 Å². The summed E-state index contributed by atoms with van der Waals surface area (Å²) in [6.45, 7) is 2.81. The zero-order valence-corrected chi connectivity index (χ0v) is 11.0. The lowest BCUT2D eigenvalue weighted by atomic mass is 9.99. The van der Waals surface area contributed by atoms with Crippen molar-refractivity contribution in [3.63, 3.8) is 0 Å². The standard InChI is InChI=1S/C12H17N5.ClH/c13-7-9-3-2-6-17(8-9)12-15-10-4-1-5-14-11(10)16-12;/h1,4-5,9H,2-3,6-8,13H2,(H,14,15,16);1H. The SMILES string of the molecule is Cl.NCC1CCCN(c2nc3ncccc3[nH]2)C1. The van der Waals surface area contributed by atoms with Crippen LogP contribution in [0.15, 0.2) is 18.3 Å². The first-order valence-corrected chi connectivity index (χ1v) is 6.12. The van der Waals surface area contributed by atoms with Crippen molar-refractivity contribution in [3.8, 4) is 0 Å². The minimum Gasteiger partial charge on any atom is -0.342 e. The summed E-state index contributed by atoms with van der Waals surface area (Å²) >= 11 is 0. The van der Waals surface area contributed by atoms with E-state index < -0.39 is 0 Å². The van der Waals surface area contributed by atoms with Gasteiger partial charge < -0.3 is 15.6 Å². The largest absolute Gasteiger partial charge is 0.342 e. The van der Waals surface area contributed by atoms with E-state index in [0.29, 0.717) is 5.92 Å². The molecular weight excluding hydrogens is 250 g/mol. The maximum Gasteiger partial charge on any atom is 0.205 e. The van der Waals surface area contributed by atoms with Crippen molar-refractivity contribution in [3.05, 3.63) is 18.3 Å². The molecule has 0 spiro atoms. The molecule has 1 saturated heterocycles. The van der Waals surface area contributed by atoms with Gasteiger partial charge in [0.25, 0.3) is 0 Å². The molecule has 6 heteroatoms. The van der Waals surface area contributed by atoms with Gasteiger partial charge in [-0.15, -0.1) is 12.4 Å². The fourth-order valence-electron chi connectivity index (χ4n) is 2.43. The highest BCUT2D eigenvalue weighted by Gasteiger charge is 2.21. The third-order valence-corrected chi connectivity index (χ3v) is 3.40. The van der Waals surface area contributed by atoms with Crippen LogP contribution in [-0.2, 0) is 0 Å². The van der Waals surface area contributed by atoms with Crippen molar-refractivity contribution in [1.82, 2.24) is 15.0 Å². The summed E-state index contributed by atoms with van der Waals surface area (Å²) in [5.41, 5.74) is 7.54. The summed E-state index contributed by atoms with van der Waals surface area (Å²) in [6, 6.07) is 3.92. The van der Waals surface area contributed by atoms with Gasteiger partial charge in [-0.3, -0.25) is 0 Å². The van der Waals surface area contributed by atoms with Crippen LogP contribution in [0.25, 0.3) is 11.2 Å². The number of nitrogens with one attached hydrogen (secondary N) is 1. The van der Waals surface area contributed by atoms with Crippen LogP contribution in [0.5, 0.6) is 0 Å². The van der Waals surface area contributed by atoms with Gasteiger partial charge in [-0.1, -0.05) is 0 Å². The molecule has 2 aromatic rings. The molecule has 1 atom stereocenters. The fraction of sp³-hybridized carbons (Fsp3) is 0.500. The number of fused-ring (bicyclic) bond motifs is 1. The number of nitrogens with zero attached hydrogens (tertiary/aromatic N) is 3. The number of hydrogen-bond acceptors (Lipinski definition) is 4. The van der Waals surface area contributed by atoms with E-state index in [-0.39, 0.29) is 12.4 Å². The lowest BCUT2D eigenvalue weighted by molar-refractivity contribution is 0.420. The van der Waals surface area contributed by atoms with Gasteiger partial charge in [0.15, 0.2) is 5.65 Å². The Morgan fingerprint density at radius 1 is 1.50 bits per heavy atom. The molecule has 0 bridgehead atoms. The Labute approximate surface area is 112 Å². The lowest BCUT2D eigenvalue weighted by Gasteiger charge is -2.31. The number of imidazole rings is 1. The Morgan fingerprint density at radius 2 is 2.39 bits per heavy atom. The molecule has 0 aliphatic carbocycles. The number of rotatable bonds is 2. The van der Waals surface area contributed by atoms with E-state index in [9.17, 15) is 0 Å². The van der Waals surface area contributed by atoms with Crippen LogP contribution < -0.4 is 10.6 Å². The van der Waals surface area contributed by atoms with Crippen molar-refractivity contribution < 1.29 is 0 Å². The molecule has 0 radical (unpaired) electrons. The Kier molecular flexibility index (Phi) is 4.04. The second-order valence-electron chi connectivity index (χ2n) is 4.62. The summed E-state index contributed by atoms with van der Waals surface area (Å²) in [7, 11) is 0. The molecule has 3 rings (SSSR count). The molecule has 0 amide bonds. The highest BCUT2D eigenvalue weighted by atomic mass is 35.5. The van der Waals surface area contributed by atoms with Gasteiger partial charge in [0.05, 0.1) is 5.52 Å². The minimum atomic E-state index is 0. The molecule has 98 valence electrons. The van der Waals surface area contributed by atoms with Crippen LogP contribution in [0.4, 0.5) is 5.95 Å². The smallest absolute Gasteiger partial charge is 0.205 e. The molecule has 1 aliphatic rings. The number of aromatic amines is 1. The van der Waals surface area contributed by atoms with E-state index in [1.54, 1.807) is 6.20 Å². The maximum absolute atomic E-state index is 5.75. The number of piperidine rings is 1. The maximum atomic E-state index is 5.75. The molecule has 2 aromatic heterocycles. The first kappa shape index (κ1) is 13.1. The third kappa shape index (κ3) is 2.42. The van der Waals surface area contributed by atoms with Crippen molar-refractivity contribution in [2.75, 3.05) is 24.5 Å². The number of aromatic nitrogens is 3. The van der Waals surface area contributed by atoms with E-state index in [1.807, 2.05) is 12.1 Å². The zero-order valence-electron chi connectivity index (χ0n) is 10.2. The Morgan fingerprint density at radius 3 is 3.17 bits per heavy atom. The average Bonchev–Trinajstić information content (AvgIpc) is 2.82. The average molecular weight is 268 g/mol. The van der Waals surface area contributed by atoms with Crippen LogP contribution in [0.2, 0.25) is 0 Å². The Bertz CT molecular complexity index is 479. The number of anilines is 1.